The summed E-state index contributed by atoms with van der Waals surface area (Å²) in [5, 5.41) is 18.3. The van der Waals surface area contributed by atoms with Crippen molar-refractivity contribution in [3.63, 3.8) is 0 Å². The zero-order chi connectivity index (χ0) is 18.7. The van der Waals surface area contributed by atoms with E-state index in [4.69, 9.17) is 16.3 Å². The van der Waals surface area contributed by atoms with Crippen molar-refractivity contribution >= 4 is 23.3 Å². The van der Waals surface area contributed by atoms with E-state index in [-0.39, 0.29) is 11.7 Å². The lowest BCUT2D eigenvalue weighted by Crippen LogP contribution is -2.35. The number of carbonyl (C=O) groups is 1. The van der Waals surface area contributed by atoms with E-state index in [2.05, 4.69) is 15.4 Å². The molecular formula is C18H23ClN4O3. The molecule has 7 nitrogen and oxygen atoms in total. The lowest BCUT2D eigenvalue weighted by atomic mass is 9.83. The molecule has 2 heterocycles. The molecule has 8 heteroatoms. The molecule has 0 bridgehead atoms. The highest BCUT2D eigenvalue weighted by Crippen LogP contribution is 2.31. The van der Waals surface area contributed by atoms with Crippen molar-refractivity contribution in [2.24, 2.45) is 0 Å². The molecule has 0 aliphatic heterocycles. The second kappa shape index (κ2) is 7.63. The number of hydrogen-bond donors (Lipinski definition) is 2. The molecule has 1 aliphatic carbocycles. The summed E-state index contributed by atoms with van der Waals surface area (Å²) < 4.78 is 6.56. The minimum absolute atomic E-state index is 0.229. The van der Waals surface area contributed by atoms with Crippen LogP contribution in [0.4, 0.5) is 5.69 Å². The maximum absolute atomic E-state index is 11.8. The number of aromatic nitrogens is 3. The van der Waals surface area contributed by atoms with Crippen molar-refractivity contribution in [1.82, 2.24) is 14.8 Å². The predicted molar refractivity (Wildman–Crippen MR) is 98.8 cm³/mol. The van der Waals surface area contributed by atoms with Crippen molar-refractivity contribution < 1.29 is 14.6 Å². The van der Waals surface area contributed by atoms with E-state index in [1.807, 2.05) is 6.92 Å². The second-order valence-electron chi connectivity index (χ2n) is 6.81. The Bertz CT molecular complexity index is 780. The van der Waals surface area contributed by atoms with Gasteiger partial charge in [0.1, 0.15) is 10.8 Å². The molecule has 1 saturated carbocycles. The summed E-state index contributed by atoms with van der Waals surface area (Å²) in [6.07, 6.45) is 6.51. The van der Waals surface area contributed by atoms with Gasteiger partial charge in [0.2, 0.25) is 0 Å². The minimum Gasteiger partial charge on any atom is -0.461 e. The van der Waals surface area contributed by atoms with Crippen molar-refractivity contribution in [3.8, 4) is 5.69 Å². The zero-order valence-corrected chi connectivity index (χ0v) is 15.7. The van der Waals surface area contributed by atoms with Gasteiger partial charge in [0.15, 0.2) is 5.69 Å². The van der Waals surface area contributed by atoms with E-state index >= 15 is 0 Å². The molecule has 2 N–H and O–H groups in total. The number of aliphatic hydroxyl groups is 1. The first kappa shape index (κ1) is 18.7. The fraction of sp³-hybridized carbons (Fsp3) is 0.500. The summed E-state index contributed by atoms with van der Waals surface area (Å²) in [5.74, 6) is -0.461. The van der Waals surface area contributed by atoms with Crippen LogP contribution < -0.4 is 5.32 Å². The predicted octanol–water partition coefficient (Wildman–Crippen LogP) is 3.20. The normalized spacial score (nSPS) is 22.8. The molecule has 1 fully saturated rings. The lowest BCUT2D eigenvalue weighted by Gasteiger charge is -2.34. The Morgan fingerprint density at radius 3 is 2.92 bits per heavy atom. The number of halogens is 1. The standard InChI is InChI=1S/C18H23ClN4O3/c1-3-26-17(24)13-6-9-23(22-13)15-11-20-16(19)10-14(15)21-12-4-7-18(2,25)8-5-12/h6,9-12,25H,3-5,7-8H2,1-2H3,(H,20,21). The van der Waals surface area contributed by atoms with Gasteiger partial charge in [-0.25, -0.2) is 14.5 Å². The monoisotopic (exact) mass is 378 g/mol. The van der Waals surface area contributed by atoms with E-state index in [1.165, 1.54) is 0 Å². The molecule has 0 unspecified atom stereocenters. The Balaban J connectivity index is 1.81. The highest BCUT2D eigenvalue weighted by molar-refractivity contribution is 6.29. The maximum atomic E-state index is 11.8. The molecule has 2 aromatic rings. The quantitative estimate of drug-likeness (QED) is 0.613. The van der Waals surface area contributed by atoms with Gasteiger partial charge in [-0.05, 0) is 45.6 Å². The van der Waals surface area contributed by atoms with Crippen LogP contribution in [0.25, 0.3) is 5.69 Å². The Kier molecular flexibility index (Phi) is 5.48. The van der Waals surface area contributed by atoms with Crippen LogP contribution in [0, 0.1) is 0 Å². The van der Waals surface area contributed by atoms with E-state index in [9.17, 15) is 9.90 Å². The van der Waals surface area contributed by atoms with Gasteiger partial charge < -0.3 is 15.2 Å². The summed E-state index contributed by atoms with van der Waals surface area (Å²) >= 11 is 6.07. The van der Waals surface area contributed by atoms with Crippen LogP contribution in [-0.4, -0.2) is 44.1 Å². The third-order valence-electron chi connectivity index (χ3n) is 4.59. The average molecular weight is 379 g/mol. The van der Waals surface area contributed by atoms with E-state index in [0.29, 0.717) is 17.4 Å². The third kappa shape index (κ3) is 4.34. The van der Waals surface area contributed by atoms with Crippen LogP contribution in [0.1, 0.15) is 50.0 Å². The molecule has 0 spiro atoms. The fourth-order valence-corrected chi connectivity index (χ4v) is 3.25. The number of rotatable bonds is 5. The van der Waals surface area contributed by atoms with Gasteiger partial charge in [-0.3, -0.25) is 0 Å². The summed E-state index contributed by atoms with van der Waals surface area (Å²) in [6, 6.07) is 3.58. The number of nitrogens with zero attached hydrogens (tertiary/aromatic N) is 3. The first-order valence-corrected chi connectivity index (χ1v) is 9.13. The molecule has 26 heavy (non-hydrogen) atoms. The number of hydrogen-bond acceptors (Lipinski definition) is 6. The van der Waals surface area contributed by atoms with Crippen LogP contribution in [0.2, 0.25) is 5.15 Å². The molecule has 1 aliphatic rings. The highest BCUT2D eigenvalue weighted by atomic mass is 35.5. The van der Waals surface area contributed by atoms with Gasteiger partial charge in [-0.1, -0.05) is 11.6 Å². The number of nitrogens with one attached hydrogen (secondary N) is 1. The van der Waals surface area contributed by atoms with Gasteiger partial charge in [0.05, 0.1) is 24.1 Å². The van der Waals surface area contributed by atoms with Gasteiger partial charge >= 0.3 is 5.97 Å². The number of pyridine rings is 1. The third-order valence-corrected chi connectivity index (χ3v) is 4.80. The molecule has 3 rings (SSSR count). The van der Waals surface area contributed by atoms with Crippen molar-refractivity contribution in [1.29, 1.82) is 0 Å². The molecule has 0 atom stereocenters. The van der Waals surface area contributed by atoms with Crippen LogP contribution in [0.15, 0.2) is 24.5 Å². The molecule has 0 radical (unpaired) electrons. The van der Waals surface area contributed by atoms with E-state index in [1.54, 1.807) is 36.1 Å². The van der Waals surface area contributed by atoms with Crippen LogP contribution in [0.3, 0.4) is 0 Å². The average Bonchev–Trinajstić information content (AvgIpc) is 3.07. The molecular weight excluding hydrogens is 356 g/mol. The van der Waals surface area contributed by atoms with Crippen LogP contribution >= 0.6 is 11.6 Å². The first-order chi connectivity index (χ1) is 12.4. The van der Waals surface area contributed by atoms with Crippen LogP contribution in [-0.2, 0) is 4.74 Å². The van der Waals surface area contributed by atoms with Crippen molar-refractivity contribution in [2.45, 2.75) is 51.2 Å². The minimum atomic E-state index is -0.590. The second-order valence-corrected chi connectivity index (χ2v) is 7.19. The largest absolute Gasteiger partial charge is 0.461 e. The van der Waals surface area contributed by atoms with Gasteiger partial charge in [0.25, 0.3) is 0 Å². The van der Waals surface area contributed by atoms with Gasteiger partial charge in [-0.15, -0.1) is 0 Å². The van der Waals surface area contributed by atoms with E-state index < -0.39 is 11.6 Å². The molecule has 2 aromatic heterocycles. The molecule has 140 valence electrons. The molecule has 0 saturated heterocycles. The summed E-state index contributed by atoms with van der Waals surface area (Å²) in [7, 11) is 0. The Labute approximate surface area is 157 Å². The zero-order valence-electron chi connectivity index (χ0n) is 14.9. The van der Waals surface area contributed by atoms with Gasteiger partial charge in [0, 0.05) is 18.3 Å². The summed E-state index contributed by atoms with van der Waals surface area (Å²) in [4.78, 5) is 16.0. The lowest BCUT2D eigenvalue weighted by molar-refractivity contribution is 0.0196. The van der Waals surface area contributed by atoms with Crippen LogP contribution in [0.5, 0.6) is 0 Å². The summed E-state index contributed by atoms with van der Waals surface area (Å²) in [5.41, 5.74) is 1.13. The maximum Gasteiger partial charge on any atom is 0.358 e. The summed E-state index contributed by atoms with van der Waals surface area (Å²) in [6.45, 7) is 3.92. The number of ether oxygens (including phenoxy) is 1. The SMILES string of the molecule is CCOC(=O)c1ccn(-c2cnc(Cl)cc2NC2CCC(C)(O)CC2)n1. The fourth-order valence-electron chi connectivity index (χ4n) is 3.10. The topological polar surface area (TPSA) is 89.3 Å². The number of carbonyl (C=O) groups excluding carboxylic acids is 1. The number of esters is 1. The highest BCUT2D eigenvalue weighted by Gasteiger charge is 2.29. The first-order valence-electron chi connectivity index (χ1n) is 8.75. The van der Waals surface area contributed by atoms with Crippen molar-refractivity contribution in [3.05, 3.63) is 35.4 Å². The smallest absolute Gasteiger partial charge is 0.358 e. The van der Waals surface area contributed by atoms with Crippen molar-refractivity contribution in [2.75, 3.05) is 11.9 Å². The molecule has 0 amide bonds. The Hall–Kier alpha value is -2.12. The molecule has 0 aromatic carbocycles. The Morgan fingerprint density at radius 2 is 2.23 bits per heavy atom. The van der Waals surface area contributed by atoms with E-state index in [0.717, 1.165) is 31.4 Å². The number of anilines is 1. The van der Waals surface area contributed by atoms with Gasteiger partial charge in [-0.2, -0.15) is 5.10 Å². The Morgan fingerprint density at radius 1 is 1.50 bits per heavy atom.